The number of hydrogen-bond donors (Lipinski definition) is 2. The molecule has 0 saturated heterocycles. The predicted molar refractivity (Wildman–Crippen MR) is 115 cm³/mol. The van der Waals surface area contributed by atoms with Crippen molar-refractivity contribution in [2.75, 3.05) is 7.11 Å². The molecule has 148 valence electrons. The van der Waals surface area contributed by atoms with Gasteiger partial charge in [-0.15, -0.1) is 0 Å². The number of methoxy groups -OCH3 is 1. The number of carbonyl (C=O) groups is 3. The van der Waals surface area contributed by atoms with Crippen LogP contribution in [0.1, 0.15) is 18.1 Å². The molecule has 2 rings (SSSR count). The summed E-state index contributed by atoms with van der Waals surface area (Å²) in [6, 6.07) is 15.4. The van der Waals surface area contributed by atoms with E-state index in [-0.39, 0.29) is 5.91 Å². The lowest BCUT2D eigenvalue weighted by atomic mass is 10.0. The molecule has 0 radical (unpaired) electrons. The zero-order valence-electron chi connectivity index (χ0n) is 15.8. The van der Waals surface area contributed by atoms with Gasteiger partial charge in [-0.3, -0.25) is 9.59 Å². The lowest BCUT2D eigenvalue weighted by molar-refractivity contribution is -0.145. The van der Waals surface area contributed by atoms with Gasteiger partial charge in [-0.25, -0.2) is 4.79 Å². The summed E-state index contributed by atoms with van der Waals surface area (Å²) in [5, 5.41) is 5.39. The molecule has 28 heavy (non-hydrogen) atoms. The summed E-state index contributed by atoms with van der Waals surface area (Å²) < 4.78 is 5.88. The highest BCUT2D eigenvalue weighted by Gasteiger charge is 2.27. The van der Waals surface area contributed by atoms with Gasteiger partial charge < -0.3 is 15.4 Å². The fourth-order valence-electron chi connectivity index (χ4n) is 2.81. The van der Waals surface area contributed by atoms with Crippen LogP contribution in [0.4, 0.5) is 0 Å². The largest absolute Gasteiger partial charge is 0.467 e. The minimum atomic E-state index is -0.845. The number of hydrogen-bond acceptors (Lipinski definition) is 4. The fraction of sp³-hybridized carbons (Fsp3) is 0.286. The van der Waals surface area contributed by atoms with Crippen molar-refractivity contribution in [3.63, 3.8) is 0 Å². The lowest BCUT2D eigenvalue weighted by Crippen LogP contribution is -2.53. The van der Waals surface area contributed by atoms with Crippen molar-refractivity contribution in [3.8, 4) is 0 Å². The van der Waals surface area contributed by atoms with Gasteiger partial charge in [-0.2, -0.15) is 0 Å². The Morgan fingerprint density at radius 2 is 1.57 bits per heavy atom. The number of benzene rings is 2. The normalized spacial score (nSPS) is 12.5. The van der Waals surface area contributed by atoms with Crippen LogP contribution in [-0.2, 0) is 32.0 Å². The summed E-state index contributed by atoms with van der Waals surface area (Å²) >= 11 is 2.19. The summed E-state index contributed by atoms with van der Waals surface area (Å²) in [7, 11) is 1.28. The van der Waals surface area contributed by atoms with Crippen molar-refractivity contribution >= 4 is 40.4 Å². The molecule has 0 heterocycles. The van der Waals surface area contributed by atoms with Crippen LogP contribution in [0.2, 0.25) is 0 Å². The molecule has 2 N–H and O–H groups in total. The van der Waals surface area contributed by atoms with E-state index in [4.69, 9.17) is 4.74 Å². The Bertz CT molecular complexity index is 826. The molecule has 0 spiro atoms. The van der Waals surface area contributed by atoms with Crippen LogP contribution in [0.3, 0.4) is 0 Å². The molecule has 2 aromatic carbocycles. The highest BCUT2D eigenvalue weighted by Crippen LogP contribution is 2.11. The molecule has 6 nitrogen and oxygen atoms in total. The van der Waals surface area contributed by atoms with E-state index in [0.29, 0.717) is 12.8 Å². The maximum Gasteiger partial charge on any atom is 0.328 e. The molecule has 0 aromatic heterocycles. The van der Waals surface area contributed by atoms with Gasteiger partial charge in [0.05, 0.1) is 7.11 Å². The molecule has 7 heteroatoms. The summed E-state index contributed by atoms with van der Waals surface area (Å²) in [5.41, 5.74) is 1.81. The van der Waals surface area contributed by atoms with Crippen LogP contribution in [0.15, 0.2) is 54.6 Å². The number of carbonyl (C=O) groups excluding carboxylic acids is 3. The molecular formula is C21H23IN2O4. The van der Waals surface area contributed by atoms with E-state index in [0.717, 1.165) is 14.7 Å². The number of halogens is 1. The zero-order valence-corrected chi connectivity index (χ0v) is 17.9. The quantitative estimate of drug-likeness (QED) is 0.436. The molecule has 0 aliphatic heterocycles. The molecule has 0 aliphatic carbocycles. The Morgan fingerprint density at radius 3 is 2.18 bits per heavy atom. The Morgan fingerprint density at radius 1 is 0.929 bits per heavy atom. The predicted octanol–water partition coefficient (Wildman–Crippen LogP) is 2.24. The van der Waals surface area contributed by atoms with Crippen LogP contribution in [0.5, 0.6) is 0 Å². The van der Waals surface area contributed by atoms with Crippen molar-refractivity contribution in [2.24, 2.45) is 0 Å². The maximum absolute atomic E-state index is 12.8. The molecule has 0 bridgehead atoms. The first-order valence-electron chi connectivity index (χ1n) is 8.82. The van der Waals surface area contributed by atoms with Crippen LogP contribution in [0, 0.1) is 3.57 Å². The van der Waals surface area contributed by atoms with Crippen molar-refractivity contribution in [1.82, 2.24) is 10.6 Å². The SMILES string of the molecule is COC(=O)[C@H](Cc1cccc(I)c1)NC(=O)[C@H](Cc1ccccc1)NC(C)=O. The highest BCUT2D eigenvalue weighted by atomic mass is 127. The second kappa shape index (κ2) is 10.8. The summed E-state index contributed by atoms with van der Waals surface area (Å²) in [5.74, 6) is -1.28. The van der Waals surface area contributed by atoms with Gasteiger partial charge in [0.25, 0.3) is 0 Å². The standard InChI is InChI=1S/C21H23IN2O4/c1-14(25)23-18(12-15-7-4-3-5-8-15)20(26)24-19(21(27)28-2)13-16-9-6-10-17(22)11-16/h3-11,18-19H,12-13H2,1-2H3,(H,23,25)(H,24,26)/t18-,19-/m0/s1. The van der Waals surface area contributed by atoms with E-state index in [1.807, 2.05) is 54.6 Å². The maximum atomic E-state index is 12.8. The molecule has 0 fully saturated rings. The van der Waals surface area contributed by atoms with Crippen LogP contribution in [0.25, 0.3) is 0 Å². The average molecular weight is 494 g/mol. The molecule has 0 unspecified atom stereocenters. The van der Waals surface area contributed by atoms with E-state index in [1.165, 1.54) is 14.0 Å². The van der Waals surface area contributed by atoms with Gasteiger partial charge >= 0.3 is 5.97 Å². The summed E-state index contributed by atoms with van der Waals surface area (Å²) in [6.45, 7) is 1.36. The minimum absolute atomic E-state index is 0.299. The molecule has 2 atom stereocenters. The first kappa shape index (κ1) is 21.9. The third kappa shape index (κ3) is 6.95. The third-order valence-corrected chi connectivity index (χ3v) is 4.78. The van der Waals surface area contributed by atoms with Gasteiger partial charge in [0.1, 0.15) is 12.1 Å². The first-order chi connectivity index (χ1) is 13.4. The van der Waals surface area contributed by atoms with Crippen molar-refractivity contribution < 1.29 is 19.1 Å². The van der Waals surface area contributed by atoms with E-state index < -0.39 is 24.0 Å². The molecule has 2 aromatic rings. The smallest absolute Gasteiger partial charge is 0.328 e. The fourth-order valence-corrected chi connectivity index (χ4v) is 3.42. The van der Waals surface area contributed by atoms with Gasteiger partial charge in [-0.1, -0.05) is 42.5 Å². The summed E-state index contributed by atoms with van der Waals surface area (Å²) in [4.78, 5) is 36.6. The average Bonchev–Trinajstić information content (AvgIpc) is 2.66. The Hall–Kier alpha value is -2.42. The van der Waals surface area contributed by atoms with E-state index in [1.54, 1.807) is 0 Å². The molecule has 2 amide bonds. The van der Waals surface area contributed by atoms with Gasteiger partial charge in [-0.05, 0) is 45.9 Å². The lowest BCUT2D eigenvalue weighted by Gasteiger charge is -2.22. The van der Waals surface area contributed by atoms with E-state index in [2.05, 4.69) is 33.2 Å². The number of rotatable bonds is 8. The Labute approximate surface area is 178 Å². The minimum Gasteiger partial charge on any atom is -0.467 e. The molecular weight excluding hydrogens is 471 g/mol. The number of amides is 2. The second-order valence-electron chi connectivity index (χ2n) is 6.36. The Balaban J connectivity index is 2.15. The summed E-state index contributed by atoms with van der Waals surface area (Å²) in [6.07, 6.45) is 0.622. The third-order valence-electron chi connectivity index (χ3n) is 4.11. The van der Waals surface area contributed by atoms with E-state index >= 15 is 0 Å². The second-order valence-corrected chi connectivity index (χ2v) is 7.61. The first-order valence-corrected chi connectivity index (χ1v) is 9.90. The molecule has 0 saturated carbocycles. The molecule has 0 aliphatic rings. The van der Waals surface area contributed by atoms with Crippen LogP contribution < -0.4 is 10.6 Å². The van der Waals surface area contributed by atoms with E-state index in [9.17, 15) is 14.4 Å². The Kier molecular flexibility index (Phi) is 8.43. The zero-order chi connectivity index (χ0) is 20.5. The number of nitrogens with one attached hydrogen (secondary N) is 2. The topological polar surface area (TPSA) is 84.5 Å². The van der Waals surface area contributed by atoms with Gasteiger partial charge in [0.15, 0.2) is 0 Å². The highest BCUT2D eigenvalue weighted by molar-refractivity contribution is 14.1. The monoisotopic (exact) mass is 494 g/mol. The van der Waals surface area contributed by atoms with Gasteiger partial charge in [0.2, 0.25) is 11.8 Å². The number of esters is 1. The van der Waals surface area contributed by atoms with Gasteiger partial charge in [0, 0.05) is 23.3 Å². The van der Waals surface area contributed by atoms with Crippen molar-refractivity contribution in [1.29, 1.82) is 0 Å². The van der Waals surface area contributed by atoms with Crippen molar-refractivity contribution in [3.05, 3.63) is 69.3 Å². The van der Waals surface area contributed by atoms with Crippen LogP contribution in [-0.4, -0.2) is 37.0 Å². The number of ether oxygens (including phenoxy) is 1. The van der Waals surface area contributed by atoms with Crippen molar-refractivity contribution in [2.45, 2.75) is 31.8 Å². The van der Waals surface area contributed by atoms with Crippen LogP contribution >= 0.6 is 22.6 Å².